The highest BCUT2D eigenvalue weighted by molar-refractivity contribution is 5.88. The predicted octanol–water partition coefficient (Wildman–Crippen LogP) is 2.93. The Morgan fingerprint density at radius 3 is 2.66 bits per heavy atom. The molecule has 7 nitrogen and oxygen atoms in total. The van der Waals surface area contributed by atoms with Gasteiger partial charge in [0.1, 0.15) is 11.7 Å². The summed E-state index contributed by atoms with van der Waals surface area (Å²) in [5.41, 5.74) is 3.14. The molecule has 2 unspecified atom stereocenters. The quantitative estimate of drug-likeness (QED) is 0.832. The van der Waals surface area contributed by atoms with Crippen LogP contribution in [0.3, 0.4) is 0 Å². The van der Waals surface area contributed by atoms with E-state index in [0.717, 1.165) is 34.6 Å². The summed E-state index contributed by atoms with van der Waals surface area (Å²) in [6.45, 7) is 4.69. The number of pyridine rings is 1. The van der Waals surface area contributed by atoms with E-state index in [4.69, 9.17) is 14.2 Å². The van der Waals surface area contributed by atoms with Crippen molar-refractivity contribution in [2.45, 2.75) is 38.8 Å². The van der Waals surface area contributed by atoms with Gasteiger partial charge in [-0.2, -0.15) is 0 Å². The van der Waals surface area contributed by atoms with Crippen LogP contribution in [-0.2, 0) is 17.6 Å². The van der Waals surface area contributed by atoms with E-state index in [2.05, 4.69) is 13.8 Å². The highest BCUT2D eigenvalue weighted by Crippen LogP contribution is 2.48. The van der Waals surface area contributed by atoms with Gasteiger partial charge in [0.25, 0.3) is 0 Å². The first kappa shape index (κ1) is 19.5. The molecular formula is C22H25NO6. The lowest BCUT2D eigenvalue weighted by molar-refractivity contribution is 0.0694. The van der Waals surface area contributed by atoms with Crippen molar-refractivity contribution in [1.82, 2.24) is 4.57 Å². The summed E-state index contributed by atoms with van der Waals surface area (Å²) in [6, 6.07) is 3.37. The Hall–Kier alpha value is -2.80. The lowest BCUT2D eigenvalue weighted by Gasteiger charge is -2.34. The van der Waals surface area contributed by atoms with Crippen molar-refractivity contribution in [1.29, 1.82) is 0 Å². The van der Waals surface area contributed by atoms with E-state index in [9.17, 15) is 14.7 Å². The Morgan fingerprint density at radius 2 is 2.03 bits per heavy atom. The van der Waals surface area contributed by atoms with Crippen LogP contribution in [0.25, 0.3) is 11.3 Å². The van der Waals surface area contributed by atoms with E-state index in [0.29, 0.717) is 18.8 Å². The molecule has 0 amide bonds. The first-order chi connectivity index (χ1) is 13.8. The monoisotopic (exact) mass is 399 g/mol. The summed E-state index contributed by atoms with van der Waals surface area (Å²) in [5, 5.41) is 9.41. The Morgan fingerprint density at radius 1 is 1.28 bits per heavy atom. The summed E-state index contributed by atoms with van der Waals surface area (Å²) in [7, 11) is 3.24. The van der Waals surface area contributed by atoms with Crippen molar-refractivity contribution in [3.63, 3.8) is 0 Å². The molecule has 2 aliphatic rings. The number of rotatable bonds is 5. The number of benzene rings is 1. The summed E-state index contributed by atoms with van der Waals surface area (Å²) in [6.07, 6.45) is 2.85. The van der Waals surface area contributed by atoms with Crippen molar-refractivity contribution in [3.05, 3.63) is 45.2 Å². The fourth-order valence-electron chi connectivity index (χ4n) is 4.47. The maximum Gasteiger partial charge on any atom is 0.341 e. The van der Waals surface area contributed by atoms with Gasteiger partial charge in [-0.3, -0.25) is 4.79 Å². The SMILES string of the molecule is COCC1Cc2c3c(cc(OC)c2O1)-c1cc(=O)c(C(=O)O)cn1C(C(C)C)C3. The number of fused-ring (bicyclic) bond motifs is 5. The van der Waals surface area contributed by atoms with E-state index < -0.39 is 11.4 Å². The smallest absolute Gasteiger partial charge is 0.341 e. The molecule has 2 aromatic rings. The van der Waals surface area contributed by atoms with Crippen LogP contribution in [0.2, 0.25) is 0 Å². The zero-order valence-electron chi connectivity index (χ0n) is 17.0. The molecule has 2 atom stereocenters. The molecule has 0 radical (unpaired) electrons. The number of carbonyl (C=O) groups is 1. The number of carboxylic acid groups (broad SMARTS) is 1. The normalized spacial score (nSPS) is 19.3. The average Bonchev–Trinajstić information content (AvgIpc) is 3.10. The van der Waals surface area contributed by atoms with Crippen LogP contribution in [0.15, 0.2) is 23.1 Å². The van der Waals surface area contributed by atoms with Gasteiger partial charge >= 0.3 is 5.97 Å². The van der Waals surface area contributed by atoms with Crippen LogP contribution in [0.4, 0.5) is 0 Å². The van der Waals surface area contributed by atoms with Crippen molar-refractivity contribution < 1.29 is 24.1 Å². The van der Waals surface area contributed by atoms with E-state index in [-0.39, 0.29) is 23.6 Å². The summed E-state index contributed by atoms with van der Waals surface area (Å²) >= 11 is 0. The third kappa shape index (κ3) is 3.09. The van der Waals surface area contributed by atoms with Gasteiger partial charge in [0.15, 0.2) is 16.9 Å². The molecule has 0 saturated carbocycles. The first-order valence-corrected chi connectivity index (χ1v) is 9.73. The second-order valence-electron chi connectivity index (χ2n) is 7.98. The minimum Gasteiger partial charge on any atom is -0.493 e. The molecule has 1 N–H and O–H groups in total. The zero-order chi connectivity index (χ0) is 20.9. The Kier molecular flexibility index (Phi) is 4.86. The number of hydrogen-bond acceptors (Lipinski definition) is 5. The molecule has 0 spiro atoms. The van der Waals surface area contributed by atoms with Gasteiger partial charge in [-0.1, -0.05) is 13.8 Å². The average molecular weight is 399 g/mol. The summed E-state index contributed by atoms with van der Waals surface area (Å²) in [5.74, 6) is 0.400. The molecule has 154 valence electrons. The van der Waals surface area contributed by atoms with Crippen LogP contribution in [-0.4, -0.2) is 42.6 Å². The minimum atomic E-state index is -1.21. The van der Waals surface area contributed by atoms with Gasteiger partial charge in [-0.05, 0) is 24.0 Å². The minimum absolute atomic E-state index is 0.0372. The topological polar surface area (TPSA) is 87.0 Å². The van der Waals surface area contributed by atoms with E-state index in [1.54, 1.807) is 14.2 Å². The van der Waals surface area contributed by atoms with Crippen LogP contribution < -0.4 is 14.9 Å². The zero-order valence-corrected chi connectivity index (χ0v) is 17.0. The van der Waals surface area contributed by atoms with Crippen LogP contribution >= 0.6 is 0 Å². The van der Waals surface area contributed by atoms with Crippen LogP contribution in [0.1, 0.15) is 41.4 Å². The summed E-state index contributed by atoms with van der Waals surface area (Å²) in [4.78, 5) is 24.0. The lowest BCUT2D eigenvalue weighted by Crippen LogP contribution is -2.28. The highest BCUT2D eigenvalue weighted by Gasteiger charge is 2.36. The van der Waals surface area contributed by atoms with E-state index in [1.807, 2.05) is 10.6 Å². The van der Waals surface area contributed by atoms with Gasteiger partial charge in [0.2, 0.25) is 0 Å². The van der Waals surface area contributed by atoms with Crippen LogP contribution in [0, 0.1) is 5.92 Å². The standard InChI is InChI=1S/C22H25NO6/c1-11(2)17-6-13-14(18-8-19(24)16(22(25)26)9-23(17)18)7-20(28-4)21-15(13)5-12(29-21)10-27-3/h7-9,11-12,17H,5-6,10H2,1-4H3,(H,25,26). The fourth-order valence-corrected chi connectivity index (χ4v) is 4.47. The maximum absolute atomic E-state index is 12.5. The Balaban J connectivity index is 1.96. The third-order valence-electron chi connectivity index (χ3n) is 5.88. The Bertz CT molecular complexity index is 1040. The molecule has 0 saturated heterocycles. The number of nitrogens with zero attached hydrogens (tertiary/aromatic N) is 1. The number of hydrogen-bond donors (Lipinski definition) is 1. The van der Waals surface area contributed by atoms with Gasteiger partial charge in [0.05, 0.1) is 19.4 Å². The number of methoxy groups -OCH3 is 2. The van der Waals surface area contributed by atoms with Gasteiger partial charge < -0.3 is 23.9 Å². The third-order valence-corrected chi connectivity index (χ3v) is 5.88. The van der Waals surface area contributed by atoms with Gasteiger partial charge in [0, 0.05) is 43.0 Å². The van der Waals surface area contributed by atoms with Gasteiger partial charge in [-0.15, -0.1) is 0 Å². The second kappa shape index (κ2) is 7.22. The van der Waals surface area contributed by atoms with E-state index in [1.165, 1.54) is 12.3 Å². The van der Waals surface area contributed by atoms with Crippen molar-refractivity contribution >= 4 is 5.97 Å². The van der Waals surface area contributed by atoms with Gasteiger partial charge in [-0.25, -0.2) is 4.79 Å². The molecule has 0 aliphatic carbocycles. The molecule has 2 aliphatic heterocycles. The molecule has 0 fully saturated rings. The molecule has 7 heteroatoms. The number of aromatic nitrogens is 1. The summed E-state index contributed by atoms with van der Waals surface area (Å²) < 4.78 is 18.9. The van der Waals surface area contributed by atoms with Crippen molar-refractivity contribution in [2.24, 2.45) is 5.92 Å². The second-order valence-corrected chi connectivity index (χ2v) is 7.98. The number of aromatic carboxylic acids is 1. The molecule has 4 rings (SSSR count). The molecule has 3 heterocycles. The number of ether oxygens (including phenoxy) is 3. The van der Waals surface area contributed by atoms with Crippen LogP contribution in [0.5, 0.6) is 11.5 Å². The molecule has 0 bridgehead atoms. The largest absolute Gasteiger partial charge is 0.493 e. The predicted molar refractivity (Wildman–Crippen MR) is 107 cm³/mol. The number of carboxylic acids is 1. The Labute approximate surface area is 168 Å². The molecule has 1 aromatic carbocycles. The maximum atomic E-state index is 12.5. The lowest BCUT2D eigenvalue weighted by atomic mass is 9.83. The first-order valence-electron chi connectivity index (χ1n) is 9.73. The van der Waals surface area contributed by atoms with Crippen molar-refractivity contribution in [2.75, 3.05) is 20.8 Å². The fraction of sp³-hybridized carbons (Fsp3) is 0.455. The van der Waals surface area contributed by atoms with Crippen molar-refractivity contribution in [3.8, 4) is 22.8 Å². The molecular weight excluding hydrogens is 374 g/mol. The molecule has 1 aromatic heterocycles. The molecule has 29 heavy (non-hydrogen) atoms. The van der Waals surface area contributed by atoms with E-state index >= 15 is 0 Å². The highest BCUT2D eigenvalue weighted by atomic mass is 16.5.